The van der Waals surface area contributed by atoms with Gasteiger partial charge < -0.3 is 0 Å². The van der Waals surface area contributed by atoms with Gasteiger partial charge in [0, 0.05) is 70.1 Å². The van der Waals surface area contributed by atoms with Gasteiger partial charge in [-0.2, -0.15) is 0 Å². The molecule has 0 saturated heterocycles. The van der Waals surface area contributed by atoms with Crippen LogP contribution in [-0.4, -0.2) is 27.3 Å². The third kappa shape index (κ3) is 19.3. The van der Waals surface area contributed by atoms with Crippen LogP contribution in [0, 0.1) is 0 Å². The van der Waals surface area contributed by atoms with Crippen LogP contribution in [0.5, 0.6) is 0 Å². The molecule has 5 heavy (non-hydrogen) atoms. The summed E-state index contributed by atoms with van der Waals surface area (Å²) >= 11 is 0. The molecule has 0 heterocycles. The Morgan fingerprint density at radius 2 is 1.00 bits per heavy atom. The maximum absolute atomic E-state index is 0. The van der Waals surface area contributed by atoms with Gasteiger partial charge in [0.1, 0.15) is 0 Å². The monoisotopic (exact) mass is 450 g/mol. The van der Waals surface area contributed by atoms with Gasteiger partial charge in [-0.25, -0.2) is 0 Å². The number of hydrogen-bond acceptors (Lipinski definition) is 0. The molecule has 0 unspecified atom stereocenters. The smallest absolute Gasteiger partial charge is 0 e. The predicted octanol–water partition coefficient (Wildman–Crippen LogP) is -0.926. The molecule has 5 heteroatoms. The first-order valence-electron chi connectivity index (χ1n) is 0. The first kappa shape index (κ1) is 42.7. The van der Waals surface area contributed by atoms with Crippen molar-refractivity contribution in [3.05, 3.63) is 0 Å². The van der Waals surface area contributed by atoms with Crippen molar-refractivity contribution in [1.82, 2.24) is 0 Å². The quantitative estimate of drug-likeness (QED) is 0.418. The first-order valence-corrected chi connectivity index (χ1v) is 0. The van der Waals surface area contributed by atoms with Gasteiger partial charge in [-0.15, -0.1) is 0 Å². The molecule has 36 valence electrons. The van der Waals surface area contributed by atoms with Crippen molar-refractivity contribution in [1.29, 1.82) is 0 Å². The molecular weight excluding hydrogens is 450 g/mol. The van der Waals surface area contributed by atoms with Crippen molar-refractivity contribution in [2.24, 2.45) is 0 Å². The standard InChI is InChI=1S/Cu.Mn.Ni.Pb.Zn.2H. The van der Waals surface area contributed by atoms with Gasteiger partial charge in [0.25, 0.3) is 0 Å². The van der Waals surface area contributed by atoms with Gasteiger partial charge >= 0.3 is 27.3 Å². The van der Waals surface area contributed by atoms with E-state index in [1.54, 1.807) is 0 Å². The minimum absolute atomic E-state index is 0. The van der Waals surface area contributed by atoms with E-state index in [9.17, 15) is 0 Å². The molecule has 0 rings (SSSR count). The maximum Gasteiger partial charge on any atom is 0 e. The van der Waals surface area contributed by atoms with E-state index in [4.69, 9.17) is 0 Å². The molecule has 0 fully saturated rings. The summed E-state index contributed by atoms with van der Waals surface area (Å²) in [6, 6.07) is 0. The summed E-state index contributed by atoms with van der Waals surface area (Å²) < 4.78 is 0. The topological polar surface area (TPSA) is 0 Å². The van der Waals surface area contributed by atoms with E-state index >= 15 is 0 Å². The third-order valence-corrected chi connectivity index (χ3v) is 0. The number of hydrogen-bond donors (Lipinski definition) is 0. The largest absolute Gasteiger partial charge is 0 e. The maximum atomic E-state index is 0. The van der Waals surface area contributed by atoms with Crippen LogP contribution in [0.4, 0.5) is 0 Å². The zero-order valence-electron chi connectivity index (χ0n) is 2.41. The Morgan fingerprint density at radius 3 is 1.00 bits per heavy atom. The molecule has 0 nitrogen and oxygen atoms in total. The van der Waals surface area contributed by atoms with E-state index in [-0.39, 0.29) is 97.4 Å². The summed E-state index contributed by atoms with van der Waals surface area (Å²) in [6.45, 7) is 0. The van der Waals surface area contributed by atoms with Crippen LogP contribution in [0.25, 0.3) is 0 Å². The molecule has 0 saturated carbocycles. The van der Waals surface area contributed by atoms with E-state index in [1.165, 1.54) is 0 Å². The van der Waals surface area contributed by atoms with Crippen molar-refractivity contribution >= 4 is 27.3 Å². The average molecular weight is 452 g/mol. The van der Waals surface area contributed by atoms with E-state index < -0.39 is 0 Å². The molecule has 0 spiro atoms. The number of rotatable bonds is 0. The second kappa shape index (κ2) is 27.6. The Labute approximate surface area is 95.8 Å². The van der Waals surface area contributed by atoms with Crippen molar-refractivity contribution < 1.29 is 70.1 Å². The van der Waals surface area contributed by atoms with Crippen molar-refractivity contribution in [3.8, 4) is 0 Å². The molecule has 0 amide bonds. The molecule has 4 radical (unpaired) electrons. The Bertz CT molecular complexity index is 11.6. The summed E-state index contributed by atoms with van der Waals surface area (Å²) in [5, 5.41) is 0. The zero-order chi connectivity index (χ0) is 0. The van der Waals surface area contributed by atoms with Crippen LogP contribution in [-0.2, 0) is 70.1 Å². The van der Waals surface area contributed by atoms with Crippen molar-refractivity contribution in [3.63, 3.8) is 0 Å². The van der Waals surface area contributed by atoms with Gasteiger partial charge in [0.15, 0.2) is 0 Å². The van der Waals surface area contributed by atoms with Gasteiger partial charge in [-0.05, 0) is 0 Å². The molecule has 0 aromatic rings. The Kier molecular flexibility index (Phi) is 236. The predicted molar refractivity (Wildman–Crippen MR) is 8.54 cm³/mol. The molecular formula is H2CuMnNiPbZn. The van der Waals surface area contributed by atoms with Gasteiger partial charge in [-0.1, -0.05) is 0 Å². The second-order valence-electron chi connectivity index (χ2n) is 0. The van der Waals surface area contributed by atoms with Crippen LogP contribution in [0.3, 0.4) is 0 Å². The summed E-state index contributed by atoms with van der Waals surface area (Å²) in [7, 11) is 0. The summed E-state index contributed by atoms with van der Waals surface area (Å²) in [5.74, 6) is 0. The van der Waals surface area contributed by atoms with E-state index in [0.717, 1.165) is 0 Å². The van der Waals surface area contributed by atoms with Crippen LogP contribution >= 0.6 is 0 Å². The molecule has 0 aliphatic heterocycles. The van der Waals surface area contributed by atoms with Crippen molar-refractivity contribution in [2.75, 3.05) is 0 Å². The zero-order valence-corrected chi connectivity index (χ0v) is 14.0. The van der Waals surface area contributed by atoms with Crippen LogP contribution in [0.1, 0.15) is 0 Å². The fourth-order valence-electron chi connectivity index (χ4n) is 0. The minimum atomic E-state index is 0. The van der Waals surface area contributed by atoms with E-state index in [2.05, 4.69) is 0 Å². The molecule has 0 atom stereocenters. The Morgan fingerprint density at radius 1 is 1.00 bits per heavy atom. The van der Waals surface area contributed by atoms with E-state index in [1.807, 2.05) is 0 Å². The van der Waals surface area contributed by atoms with Crippen LogP contribution in [0.2, 0.25) is 0 Å². The molecule has 0 N–H and O–H groups in total. The molecule has 0 bridgehead atoms. The summed E-state index contributed by atoms with van der Waals surface area (Å²) in [5.41, 5.74) is 0. The SMILES string of the molecule is [Cu].[Mn].[Ni].[PbH2].[Zn]. The van der Waals surface area contributed by atoms with Gasteiger partial charge in [0.05, 0.1) is 0 Å². The summed E-state index contributed by atoms with van der Waals surface area (Å²) in [6.07, 6.45) is 0. The van der Waals surface area contributed by atoms with Crippen LogP contribution in [0.15, 0.2) is 0 Å². The molecule has 0 aromatic heterocycles. The third-order valence-electron chi connectivity index (χ3n) is 0. The summed E-state index contributed by atoms with van der Waals surface area (Å²) in [4.78, 5) is 0. The average Bonchev–Trinajstić information content (AvgIpc) is 0. The van der Waals surface area contributed by atoms with Gasteiger partial charge in [0.2, 0.25) is 0 Å². The second-order valence-corrected chi connectivity index (χ2v) is 0. The fourth-order valence-corrected chi connectivity index (χ4v) is 0. The van der Waals surface area contributed by atoms with Crippen molar-refractivity contribution in [2.45, 2.75) is 0 Å². The Hall–Kier alpha value is 3.08. The minimum Gasteiger partial charge on any atom is 0 e. The first-order chi connectivity index (χ1) is 0. The van der Waals surface area contributed by atoms with E-state index in [0.29, 0.717) is 0 Å². The Balaban J connectivity index is 0. The molecule has 0 aromatic carbocycles. The molecule has 0 aliphatic carbocycles. The fraction of sp³-hybridized carbons (Fsp3) is 0. The molecule has 0 aliphatic rings. The van der Waals surface area contributed by atoms with Gasteiger partial charge in [-0.3, -0.25) is 0 Å². The normalized spacial score (nSPS) is 0. The van der Waals surface area contributed by atoms with Crippen LogP contribution < -0.4 is 0 Å².